The molecule has 4 heteroatoms. The zero-order valence-corrected chi connectivity index (χ0v) is 13.5. The SMILES string of the molecule is S=C1c2[nH]c3cc(Cl)ccc3c2CCN1Cc1ccccc1. The van der Waals surface area contributed by atoms with Crippen LogP contribution in [0.2, 0.25) is 5.02 Å². The van der Waals surface area contributed by atoms with Gasteiger partial charge in [-0.05, 0) is 29.7 Å². The number of benzene rings is 2. The Balaban J connectivity index is 1.69. The van der Waals surface area contributed by atoms with E-state index in [4.69, 9.17) is 23.8 Å². The van der Waals surface area contributed by atoms with Crippen LogP contribution in [-0.4, -0.2) is 21.4 Å². The van der Waals surface area contributed by atoms with Gasteiger partial charge in [0.25, 0.3) is 0 Å². The van der Waals surface area contributed by atoms with Crippen molar-refractivity contribution in [1.82, 2.24) is 9.88 Å². The van der Waals surface area contributed by atoms with Crippen molar-refractivity contribution in [2.75, 3.05) is 6.54 Å². The van der Waals surface area contributed by atoms with Gasteiger partial charge in [0.2, 0.25) is 0 Å². The Hall–Kier alpha value is -1.84. The van der Waals surface area contributed by atoms with Crippen LogP contribution in [0.15, 0.2) is 48.5 Å². The molecule has 1 aromatic heterocycles. The van der Waals surface area contributed by atoms with Gasteiger partial charge in [0.05, 0.1) is 5.69 Å². The van der Waals surface area contributed by atoms with Crippen molar-refractivity contribution in [3.8, 4) is 0 Å². The molecule has 1 aliphatic rings. The second-order valence-electron chi connectivity index (χ2n) is 5.63. The molecule has 0 fully saturated rings. The highest BCUT2D eigenvalue weighted by atomic mass is 35.5. The molecule has 2 nitrogen and oxygen atoms in total. The van der Waals surface area contributed by atoms with Gasteiger partial charge in [-0.15, -0.1) is 0 Å². The number of fused-ring (bicyclic) bond motifs is 3. The predicted molar refractivity (Wildman–Crippen MR) is 95.6 cm³/mol. The summed E-state index contributed by atoms with van der Waals surface area (Å²) in [6.07, 6.45) is 1.00. The van der Waals surface area contributed by atoms with Crippen molar-refractivity contribution in [1.29, 1.82) is 0 Å². The van der Waals surface area contributed by atoms with E-state index in [1.54, 1.807) is 0 Å². The summed E-state index contributed by atoms with van der Waals surface area (Å²) in [4.78, 5) is 6.62. The van der Waals surface area contributed by atoms with Gasteiger partial charge in [-0.1, -0.05) is 60.2 Å². The van der Waals surface area contributed by atoms with E-state index in [0.29, 0.717) is 0 Å². The average molecular weight is 327 g/mol. The topological polar surface area (TPSA) is 19.0 Å². The summed E-state index contributed by atoms with van der Waals surface area (Å²) in [6.45, 7) is 1.81. The van der Waals surface area contributed by atoms with Crippen molar-refractivity contribution >= 4 is 39.7 Å². The summed E-state index contributed by atoms with van der Waals surface area (Å²) in [5, 5.41) is 1.99. The second kappa shape index (κ2) is 5.41. The van der Waals surface area contributed by atoms with E-state index >= 15 is 0 Å². The number of hydrogen-bond donors (Lipinski definition) is 1. The highest BCUT2D eigenvalue weighted by molar-refractivity contribution is 7.80. The first-order chi connectivity index (χ1) is 10.7. The van der Waals surface area contributed by atoms with Crippen LogP contribution in [0, 0.1) is 0 Å². The molecule has 0 spiro atoms. The number of nitrogens with one attached hydrogen (secondary N) is 1. The molecule has 1 aliphatic heterocycles. The molecule has 1 N–H and O–H groups in total. The van der Waals surface area contributed by atoms with Crippen LogP contribution in [0.1, 0.15) is 16.8 Å². The molecule has 2 aromatic carbocycles. The Kier molecular flexibility index (Phi) is 3.40. The summed E-state index contributed by atoms with van der Waals surface area (Å²) in [6, 6.07) is 16.5. The fourth-order valence-corrected chi connectivity index (χ4v) is 3.63. The molecule has 0 unspecified atom stereocenters. The van der Waals surface area contributed by atoms with E-state index in [-0.39, 0.29) is 0 Å². The third-order valence-corrected chi connectivity index (χ3v) is 4.91. The van der Waals surface area contributed by atoms with E-state index < -0.39 is 0 Å². The van der Waals surface area contributed by atoms with Crippen LogP contribution in [0.4, 0.5) is 0 Å². The molecule has 3 aromatic rings. The molecule has 0 radical (unpaired) electrons. The maximum atomic E-state index is 6.09. The smallest absolute Gasteiger partial charge is 0.126 e. The molecule has 2 heterocycles. The zero-order valence-electron chi connectivity index (χ0n) is 12.0. The van der Waals surface area contributed by atoms with Gasteiger partial charge >= 0.3 is 0 Å². The fourth-order valence-electron chi connectivity index (χ4n) is 3.13. The first-order valence-electron chi connectivity index (χ1n) is 7.35. The maximum absolute atomic E-state index is 6.09. The van der Waals surface area contributed by atoms with Gasteiger partial charge < -0.3 is 9.88 Å². The number of H-pyrrole nitrogens is 1. The Morgan fingerprint density at radius 2 is 1.95 bits per heavy atom. The number of aromatic amines is 1. The summed E-state index contributed by atoms with van der Waals surface area (Å²) < 4.78 is 0. The van der Waals surface area contributed by atoms with Crippen molar-refractivity contribution in [3.63, 3.8) is 0 Å². The van der Waals surface area contributed by atoms with Crippen LogP contribution in [-0.2, 0) is 13.0 Å². The van der Waals surface area contributed by atoms with E-state index in [2.05, 4.69) is 40.2 Å². The summed E-state index contributed by atoms with van der Waals surface area (Å²) in [7, 11) is 0. The number of halogens is 1. The fraction of sp³-hybridized carbons (Fsp3) is 0.167. The minimum absolute atomic E-state index is 0.748. The number of hydrogen-bond acceptors (Lipinski definition) is 1. The van der Waals surface area contributed by atoms with Gasteiger partial charge in [-0.3, -0.25) is 0 Å². The Morgan fingerprint density at radius 1 is 1.14 bits per heavy atom. The normalized spacial score (nSPS) is 14.4. The molecule has 0 bridgehead atoms. The van der Waals surface area contributed by atoms with Crippen molar-refractivity contribution < 1.29 is 0 Å². The highest BCUT2D eigenvalue weighted by Gasteiger charge is 2.24. The lowest BCUT2D eigenvalue weighted by Crippen LogP contribution is -2.36. The van der Waals surface area contributed by atoms with Crippen LogP contribution in [0.5, 0.6) is 0 Å². The minimum atomic E-state index is 0.748. The summed E-state index contributed by atoms with van der Waals surface area (Å²) in [5.41, 5.74) is 4.75. The zero-order chi connectivity index (χ0) is 15.1. The van der Waals surface area contributed by atoms with Crippen molar-refractivity contribution in [2.24, 2.45) is 0 Å². The molecule has 0 amide bonds. The first-order valence-corrected chi connectivity index (χ1v) is 8.14. The Bertz CT molecular complexity index is 854. The van der Waals surface area contributed by atoms with Gasteiger partial charge in [0.1, 0.15) is 4.99 Å². The lowest BCUT2D eigenvalue weighted by molar-refractivity contribution is 0.415. The third-order valence-electron chi connectivity index (χ3n) is 4.22. The standard InChI is InChI=1S/C18H15ClN2S/c19-13-6-7-14-15-8-9-21(11-12-4-2-1-3-5-12)18(22)17(15)20-16(14)10-13/h1-7,10,20H,8-9,11H2. The molecular weight excluding hydrogens is 312 g/mol. The molecule has 4 rings (SSSR count). The predicted octanol–water partition coefficient (Wildman–Crippen LogP) is 4.56. The van der Waals surface area contributed by atoms with Crippen molar-refractivity contribution in [3.05, 3.63) is 70.4 Å². The second-order valence-corrected chi connectivity index (χ2v) is 6.45. The van der Waals surface area contributed by atoms with E-state index in [9.17, 15) is 0 Å². The summed E-state index contributed by atoms with van der Waals surface area (Å²) >= 11 is 11.8. The van der Waals surface area contributed by atoms with Gasteiger partial charge in [-0.2, -0.15) is 0 Å². The minimum Gasteiger partial charge on any atom is -0.356 e. The van der Waals surface area contributed by atoms with Gasteiger partial charge in [0.15, 0.2) is 0 Å². The van der Waals surface area contributed by atoms with Crippen LogP contribution in [0.25, 0.3) is 10.9 Å². The maximum Gasteiger partial charge on any atom is 0.126 e. The quantitative estimate of drug-likeness (QED) is 0.696. The highest BCUT2D eigenvalue weighted by Crippen LogP contribution is 2.30. The number of aromatic nitrogens is 1. The Morgan fingerprint density at radius 3 is 2.77 bits per heavy atom. The molecule has 22 heavy (non-hydrogen) atoms. The largest absolute Gasteiger partial charge is 0.356 e. The van der Waals surface area contributed by atoms with Gasteiger partial charge in [-0.25, -0.2) is 0 Å². The monoisotopic (exact) mass is 326 g/mol. The molecule has 0 aliphatic carbocycles. The summed E-state index contributed by atoms with van der Waals surface area (Å²) in [5.74, 6) is 0. The lowest BCUT2D eigenvalue weighted by atomic mass is 10.0. The molecule has 0 atom stereocenters. The molecule has 110 valence electrons. The third kappa shape index (κ3) is 2.31. The van der Waals surface area contributed by atoms with E-state index in [1.165, 1.54) is 16.5 Å². The molecule has 0 saturated carbocycles. The lowest BCUT2D eigenvalue weighted by Gasteiger charge is -2.29. The number of rotatable bonds is 2. The number of thiocarbonyl (C=S) groups is 1. The van der Waals surface area contributed by atoms with E-state index in [1.807, 2.05) is 18.2 Å². The molecular formula is C18H15ClN2S. The number of nitrogens with zero attached hydrogens (tertiary/aromatic N) is 1. The first kappa shape index (κ1) is 13.8. The van der Waals surface area contributed by atoms with Crippen LogP contribution in [0.3, 0.4) is 0 Å². The average Bonchev–Trinajstić information content (AvgIpc) is 2.89. The van der Waals surface area contributed by atoms with Crippen molar-refractivity contribution in [2.45, 2.75) is 13.0 Å². The van der Waals surface area contributed by atoms with Crippen LogP contribution >= 0.6 is 23.8 Å². The Labute approximate surface area is 139 Å². The van der Waals surface area contributed by atoms with E-state index in [0.717, 1.165) is 40.7 Å². The molecule has 0 saturated heterocycles. The van der Waals surface area contributed by atoms with Gasteiger partial charge in [0, 0.05) is 29.0 Å². The van der Waals surface area contributed by atoms with Crippen LogP contribution < -0.4 is 0 Å².